The Labute approximate surface area is 154 Å². The second-order valence-electron chi connectivity index (χ2n) is 6.14. The van der Waals surface area contributed by atoms with Gasteiger partial charge in [-0.3, -0.25) is 9.69 Å². The third-order valence-electron chi connectivity index (χ3n) is 4.25. The first-order valence-electron chi connectivity index (χ1n) is 7.94. The molecule has 1 saturated heterocycles. The largest absolute Gasteiger partial charge is 0.340 e. The predicted octanol–water partition coefficient (Wildman–Crippen LogP) is 2.76. The van der Waals surface area contributed by atoms with Crippen LogP contribution in [0.3, 0.4) is 0 Å². The summed E-state index contributed by atoms with van der Waals surface area (Å²) in [5.41, 5.74) is 1.14. The zero-order chi connectivity index (χ0) is 15.9. The van der Waals surface area contributed by atoms with Crippen LogP contribution in [0.4, 0.5) is 0 Å². The van der Waals surface area contributed by atoms with Crippen molar-refractivity contribution < 1.29 is 4.79 Å². The average molecular weight is 405 g/mol. The van der Waals surface area contributed by atoms with Gasteiger partial charge in [0.25, 0.3) is 0 Å². The van der Waals surface area contributed by atoms with Gasteiger partial charge >= 0.3 is 0 Å². The van der Waals surface area contributed by atoms with E-state index in [0.717, 1.165) is 29.7 Å². The second-order valence-corrected chi connectivity index (χ2v) is 7.00. The molecular weight excluding hydrogens is 378 g/mol. The number of benzene rings is 1. The Morgan fingerprint density at radius 3 is 2.87 bits per heavy atom. The van der Waals surface area contributed by atoms with Gasteiger partial charge in [-0.25, -0.2) is 0 Å². The Hall–Kier alpha value is -0.620. The molecule has 1 aliphatic rings. The highest BCUT2D eigenvalue weighted by molar-refractivity contribution is 9.10. The number of hydrogen-bond donors (Lipinski definition) is 1. The Morgan fingerprint density at radius 2 is 2.17 bits per heavy atom. The highest BCUT2D eigenvalue weighted by Crippen LogP contribution is 2.18. The Morgan fingerprint density at radius 1 is 1.43 bits per heavy atom. The molecule has 4 nitrogen and oxygen atoms in total. The van der Waals surface area contributed by atoms with Gasteiger partial charge in [0, 0.05) is 24.6 Å². The minimum atomic E-state index is 0. The fourth-order valence-corrected chi connectivity index (χ4v) is 3.44. The molecule has 0 radical (unpaired) electrons. The van der Waals surface area contributed by atoms with Crippen LogP contribution in [0.1, 0.15) is 18.4 Å². The molecule has 1 heterocycles. The second kappa shape index (κ2) is 10.3. The molecule has 1 aromatic rings. The number of amides is 1. The van der Waals surface area contributed by atoms with Gasteiger partial charge in [0.1, 0.15) is 0 Å². The predicted molar refractivity (Wildman–Crippen MR) is 101 cm³/mol. The molecule has 6 heteroatoms. The third kappa shape index (κ3) is 6.42. The maximum Gasteiger partial charge on any atom is 0.236 e. The lowest BCUT2D eigenvalue weighted by Gasteiger charge is -2.33. The van der Waals surface area contributed by atoms with Crippen molar-refractivity contribution in [3.63, 3.8) is 0 Å². The van der Waals surface area contributed by atoms with E-state index in [1.807, 2.05) is 37.2 Å². The van der Waals surface area contributed by atoms with E-state index in [1.165, 1.54) is 12.8 Å². The molecule has 1 amide bonds. The minimum absolute atomic E-state index is 0. The molecule has 23 heavy (non-hydrogen) atoms. The fourth-order valence-electron chi connectivity index (χ4n) is 3.03. The smallest absolute Gasteiger partial charge is 0.236 e. The molecule has 1 N–H and O–H groups in total. The number of piperidine rings is 1. The lowest BCUT2D eigenvalue weighted by molar-refractivity contribution is -0.132. The van der Waals surface area contributed by atoms with Gasteiger partial charge in [0.15, 0.2) is 0 Å². The van der Waals surface area contributed by atoms with Gasteiger partial charge in [-0.05, 0) is 50.5 Å². The van der Waals surface area contributed by atoms with Crippen molar-refractivity contribution in [1.29, 1.82) is 0 Å². The van der Waals surface area contributed by atoms with Crippen molar-refractivity contribution >= 4 is 34.2 Å². The summed E-state index contributed by atoms with van der Waals surface area (Å²) in [5, 5.41) is 3.25. The van der Waals surface area contributed by atoms with E-state index in [1.54, 1.807) is 0 Å². The summed E-state index contributed by atoms with van der Waals surface area (Å²) in [7, 11) is 3.88. The van der Waals surface area contributed by atoms with Gasteiger partial charge in [-0.2, -0.15) is 0 Å². The molecule has 0 saturated carbocycles. The fraction of sp³-hybridized carbons (Fsp3) is 0.588. The lowest BCUT2D eigenvalue weighted by Crippen LogP contribution is -2.44. The van der Waals surface area contributed by atoms with Crippen molar-refractivity contribution in [2.45, 2.75) is 19.4 Å². The number of hydrogen-bond acceptors (Lipinski definition) is 3. The van der Waals surface area contributed by atoms with E-state index in [0.29, 0.717) is 19.0 Å². The van der Waals surface area contributed by atoms with Crippen LogP contribution < -0.4 is 5.32 Å². The Kier molecular flexibility index (Phi) is 9.14. The summed E-state index contributed by atoms with van der Waals surface area (Å²) in [6.45, 7) is 4.27. The number of rotatable bonds is 6. The quantitative estimate of drug-likeness (QED) is 0.792. The molecule has 130 valence electrons. The first-order valence-corrected chi connectivity index (χ1v) is 8.73. The van der Waals surface area contributed by atoms with Crippen LogP contribution in [-0.2, 0) is 11.3 Å². The van der Waals surface area contributed by atoms with Crippen molar-refractivity contribution in [3.05, 3.63) is 34.3 Å². The van der Waals surface area contributed by atoms with Crippen LogP contribution in [0, 0.1) is 5.92 Å². The van der Waals surface area contributed by atoms with Crippen LogP contribution in [0.25, 0.3) is 0 Å². The van der Waals surface area contributed by atoms with Gasteiger partial charge in [0.05, 0.1) is 6.54 Å². The van der Waals surface area contributed by atoms with Crippen LogP contribution in [0.15, 0.2) is 28.7 Å². The van der Waals surface area contributed by atoms with E-state index in [-0.39, 0.29) is 18.3 Å². The number of nitrogens with one attached hydrogen (secondary N) is 1. The van der Waals surface area contributed by atoms with Crippen LogP contribution in [-0.4, -0.2) is 56.0 Å². The lowest BCUT2D eigenvalue weighted by atomic mass is 9.98. The van der Waals surface area contributed by atoms with Crippen LogP contribution in [0.2, 0.25) is 0 Å². The van der Waals surface area contributed by atoms with Crippen molar-refractivity contribution in [1.82, 2.24) is 15.1 Å². The van der Waals surface area contributed by atoms with Gasteiger partial charge in [0.2, 0.25) is 5.91 Å². The van der Waals surface area contributed by atoms with E-state index >= 15 is 0 Å². The molecule has 1 aromatic carbocycles. The van der Waals surface area contributed by atoms with E-state index < -0.39 is 0 Å². The molecule has 1 aliphatic heterocycles. The molecular formula is C17H27BrClN3O. The normalized spacial score (nSPS) is 18.3. The summed E-state index contributed by atoms with van der Waals surface area (Å²) in [6.07, 6.45) is 2.45. The Bertz CT molecular complexity index is 498. The summed E-state index contributed by atoms with van der Waals surface area (Å²) in [5.74, 6) is 0.862. The molecule has 1 fully saturated rings. The first kappa shape index (κ1) is 20.4. The zero-order valence-electron chi connectivity index (χ0n) is 13.9. The standard InChI is InChI=1S/C17H26BrN3O.ClH/c1-19-10-14-6-5-9-21(11-14)13-17(22)20(2)12-15-7-3-4-8-16(15)18;/h3-4,7-8,14,19H,5-6,9-13H2,1-2H3;1H. The molecule has 0 spiro atoms. The van der Waals surface area contributed by atoms with E-state index in [4.69, 9.17) is 0 Å². The number of likely N-dealkylation sites (N-methyl/N-ethyl adjacent to an activating group) is 1. The summed E-state index contributed by atoms with van der Waals surface area (Å²) in [4.78, 5) is 16.6. The summed E-state index contributed by atoms with van der Waals surface area (Å²) in [6, 6.07) is 8.06. The molecule has 0 aliphatic carbocycles. The molecule has 2 rings (SSSR count). The van der Waals surface area contributed by atoms with Crippen LogP contribution in [0.5, 0.6) is 0 Å². The minimum Gasteiger partial charge on any atom is -0.340 e. The zero-order valence-corrected chi connectivity index (χ0v) is 16.3. The maximum atomic E-state index is 12.4. The molecule has 1 unspecified atom stereocenters. The third-order valence-corrected chi connectivity index (χ3v) is 5.02. The van der Waals surface area contributed by atoms with Gasteiger partial charge < -0.3 is 10.2 Å². The summed E-state index contributed by atoms with van der Waals surface area (Å²) >= 11 is 3.54. The first-order chi connectivity index (χ1) is 10.6. The average Bonchev–Trinajstić information content (AvgIpc) is 2.50. The number of carbonyl (C=O) groups is 1. The monoisotopic (exact) mass is 403 g/mol. The van der Waals surface area contributed by atoms with Gasteiger partial charge in [-0.1, -0.05) is 34.1 Å². The number of halogens is 2. The van der Waals surface area contributed by atoms with Crippen molar-refractivity contribution in [2.24, 2.45) is 5.92 Å². The highest BCUT2D eigenvalue weighted by Gasteiger charge is 2.22. The highest BCUT2D eigenvalue weighted by atomic mass is 79.9. The molecule has 0 aromatic heterocycles. The maximum absolute atomic E-state index is 12.4. The van der Waals surface area contributed by atoms with Crippen molar-refractivity contribution in [3.8, 4) is 0 Å². The van der Waals surface area contributed by atoms with E-state index in [9.17, 15) is 4.79 Å². The number of carbonyl (C=O) groups excluding carboxylic acids is 1. The number of nitrogens with zero attached hydrogens (tertiary/aromatic N) is 2. The Balaban J connectivity index is 0.00000264. The number of likely N-dealkylation sites (tertiary alicyclic amines) is 1. The molecule has 0 bridgehead atoms. The van der Waals surface area contributed by atoms with Crippen LogP contribution >= 0.6 is 28.3 Å². The van der Waals surface area contributed by atoms with Gasteiger partial charge in [-0.15, -0.1) is 12.4 Å². The topological polar surface area (TPSA) is 35.6 Å². The summed E-state index contributed by atoms with van der Waals surface area (Å²) < 4.78 is 1.06. The SMILES string of the molecule is CNCC1CCCN(CC(=O)N(C)Cc2ccccc2Br)C1.Cl. The van der Waals surface area contributed by atoms with Crippen molar-refractivity contribution in [2.75, 3.05) is 40.3 Å². The van der Waals surface area contributed by atoms with E-state index in [2.05, 4.69) is 32.2 Å². The molecule has 1 atom stereocenters.